The summed E-state index contributed by atoms with van der Waals surface area (Å²) in [5, 5.41) is 17.7. The van der Waals surface area contributed by atoms with E-state index < -0.39 is 16.8 Å². The second-order valence-corrected chi connectivity index (χ2v) is 5.25. The van der Waals surface area contributed by atoms with Crippen molar-refractivity contribution in [1.29, 1.82) is 0 Å². The van der Waals surface area contributed by atoms with E-state index in [1.165, 1.54) is 28.9 Å². The molecule has 0 fully saturated rings. The number of carbonyl (C=O) groups excluding carboxylic acids is 2. The molecule has 3 rings (SSSR count). The SMILES string of the molecule is CCOC(=O)c1cnn2ccc(NC(=O)c3ccccc3[N+](=O)[O-])cc12. The molecule has 0 radical (unpaired) electrons. The summed E-state index contributed by atoms with van der Waals surface area (Å²) in [5.41, 5.74) is 0.725. The van der Waals surface area contributed by atoms with E-state index in [4.69, 9.17) is 4.74 Å². The fourth-order valence-corrected chi connectivity index (χ4v) is 2.45. The summed E-state index contributed by atoms with van der Waals surface area (Å²) >= 11 is 0. The molecule has 2 heterocycles. The molecular formula is C17H14N4O5. The molecule has 1 amide bonds. The molecule has 132 valence electrons. The van der Waals surface area contributed by atoms with Crippen LogP contribution in [0.4, 0.5) is 11.4 Å². The highest BCUT2D eigenvalue weighted by Gasteiger charge is 2.20. The molecule has 26 heavy (non-hydrogen) atoms. The molecule has 0 saturated heterocycles. The number of rotatable bonds is 5. The normalized spacial score (nSPS) is 10.5. The van der Waals surface area contributed by atoms with Gasteiger partial charge in [-0.05, 0) is 25.1 Å². The van der Waals surface area contributed by atoms with Crippen LogP contribution in [0.2, 0.25) is 0 Å². The number of anilines is 1. The number of nitrogens with one attached hydrogen (secondary N) is 1. The number of ether oxygens (including phenoxy) is 1. The Morgan fingerprint density at radius 2 is 2.04 bits per heavy atom. The lowest BCUT2D eigenvalue weighted by molar-refractivity contribution is -0.385. The molecule has 1 aromatic carbocycles. The van der Waals surface area contributed by atoms with Gasteiger partial charge in [0.2, 0.25) is 0 Å². The Bertz CT molecular complexity index is 1010. The van der Waals surface area contributed by atoms with Gasteiger partial charge in [-0.25, -0.2) is 9.31 Å². The average molecular weight is 354 g/mol. The van der Waals surface area contributed by atoms with Crippen molar-refractivity contribution in [1.82, 2.24) is 9.61 Å². The lowest BCUT2D eigenvalue weighted by atomic mass is 10.1. The molecule has 0 atom stereocenters. The van der Waals surface area contributed by atoms with Gasteiger partial charge in [-0.2, -0.15) is 5.10 Å². The molecule has 2 aromatic heterocycles. The van der Waals surface area contributed by atoms with Crippen molar-refractivity contribution in [3.05, 3.63) is 70.0 Å². The molecule has 3 aromatic rings. The van der Waals surface area contributed by atoms with Crippen LogP contribution in [0.5, 0.6) is 0 Å². The van der Waals surface area contributed by atoms with Gasteiger partial charge in [0.15, 0.2) is 0 Å². The van der Waals surface area contributed by atoms with Gasteiger partial charge < -0.3 is 10.1 Å². The van der Waals surface area contributed by atoms with E-state index in [0.29, 0.717) is 11.2 Å². The predicted octanol–water partition coefficient (Wildman–Crippen LogP) is 2.67. The molecular weight excluding hydrogens is 340 g/mol. The predicted molar refractivity (Wildman–Crippen MR) is 92.2 cm³/mol. The zero-order chi connectivity index (χ0) is 18.7. The van der Waals surface area contributed by atoms with E-state index in [1.807, 2.05) is 0 Å². The summed E-state index contributed by atoms with van der Waals surface area (Å²) in [6.45, 7) is 1.92. The highest BCUT2D eigenvalue weighted by Crippen LogP contribution is 2.21. The van der Waals surface area contributed by atoms with E-state index in [1.54, 1.807) is 31.3 Å². The summed E-state index contributed by atoms with van der Waals surface area (Å²) in [6, 6.07) is 8.77. The van der Waals surface area contributed by atoms with Gasteiger partial charge in [-0.1, -0.05) is 12.1 Å². The third-order valence-electron chi connectivity index (χ3n) is 3.62. The third kappa shape index (κ3) is 3.22. The van der Waals surface area contributed by atoms with Crippen LogP contribution in [0.15, 0.2) is 48.8 Å². The highest BCUT2D eigenvalue weighted by molar-refractivity contribution is 6.07. The molecule has 0 spiro atoms. The number of nitro benzene ring substituents is 1. The largest absolute Gasteiger partial charge is 0.462 e. The molecule has 9 heteroatoms. The first-order chi connectivity index (χ1) is 12.5. The molecule has 0 aliphatic heterocycles. The molecule has 1 N–H and O–H groups in total. The number of esters is 1. The van der Waals surface area contributed by atoms with Crippen LogP contribution in [-0.4, -0.2) is 33.0 Å². The summed E-state index contributed by atoms with van der Waals surface area (Å²) in [4.78, 5) is 34.8. The quantitative estimate of drug-likeness (QED) is 0.428. The molecule has 0 bridgehead atoms. The van der Waals surface area contributed by atoms with Gasteiger partial charge in [0.1, 0.15) is 11.1 Å². The van der Waals surface area contributed by atoms with E-state index in [0.717, 1.165) is 0 Å². The highest BCUT2D eigenvalue weighted by atomic mass is 16.6. The van der Waals surface area contributed by atoms with Crippen molar-refractivity contribution in [3.63, 3.8) is 0 Å². The molecule has 0 saturated carbocycles. The van der Waals surface area contributed by atoms with Crippen molar-refractivity contribution >= 4 is 28.8 Å². The van der Waals surface area contributed by atoms with Crippen molar-refractivity contribution in [3.8, 4) is 0 Å². The number of amides is 1. The first kappa shape index (κ1) is 17.1. The Hall–Kier alpha value is -3.75. The Labute approximate surface area is 147 Å². The second kappa shape index (κ2) is 7.01. The van der Waals surface area contributed by atoms with Crippen molar-refractivity contribution in [2.45, 2.75) is 6.92 Å². The first-order valence-electron chi connectivity index (χ1n) is 7.70. The van der Waals surface area contributed by atoms with Gasteiger partial charge in [-0.15, -0.1) is 0 Å². The van der Waals surface area contributed by atoms with Crippen molar-refractivity contribution in [2.24, 2.45) is 0 Å². The number of nitrogens with zero attached hydrogens (tertiary/aromatic N) is 3. The summed E-state index contributed by atoms with van der Waals surface area (Å²) in [7, 11) is 0. The number of hydrogen-bond acceptors (Lipinski definition) is 6. The molecule has 9 nitrogen and oxygen atoms in total. The fourth-order valence-electron chi connectivity index (χ4n) is 2.45. The monoisotopic (exact) mass is 354 g/mol. The number of nitro groups is 1. The standard InChI is InChI=1S/C17H14N4O5/c1-2-26-17(23)13-10-18-20-8-7-11(9-15(13)20)19-16(22)12-5-3-4-6-14(12)21(24)25/h3-10H,2H2,1H3,(H,19,22). The summed E-state index contributed by atoms with van der Waals surface area (Å²) < 4.78 is 6.44. The van der Waals surface area contributed by atoms with E-state index in [9.17, 15) is 19.7 Å². The minimum Gasteiger partial charge on any atom is -0.462 e. The van der Waals surface area contributed by atoms with Crippen LogP contribution in [0.3, 0.4) is 0 Å². The van der Waals surface area contributed by atoms with Crippen molar-refractivity contribution < 1.29 is 19.2 Å². The maximum Gasteiger partial charge on any atom is 0.341 e. The Morgan fingerprint density at radius 1 is 1.27 bits per heavy atom. The lowest BCUT2D eigenvalue weighted by Gasteiger charge is -2.07. The number of pyridine rings is 1. The van der Waals surface area contributed by atoms with Gasteiger partial charge in [0, 0.05) is 18.0 Å². The number of aromatic nitrogens is 2. The Kier molecular flexibility index (Phi) is 4.61. The fraction of sp³-hybridized carbons (Fsp3) is 0.118. The third-order valence-corrected chi connectivity index (χ3v) is 3.62. The van der Waals surface area contributed by atoms with Crippen LogP contribution in [0.1, 0.15) is 27.6 Å². The van der Waals surface area contributed by atoms with E-state index >= 15 is 0 Å². The van der Waals surface area contributed by atoms with E-state index in [2.05, 4.69) is 10.4 Å². The average Bonchev–Trinajstić information content (AvgIpc) is 3.05. The lowest BCUT2D eigenvalue weighted by Crippen LogP contribution is -2.14. The summed E-state index contributed by atoms with van der Waals surface area (Å²) in [6.07, 6.45) is 2.94. The van der Waals surface area contributed by atoms with Crippen LogP contribution in [0, 0.1) is 10.1 Å². The Balaban J connectivity index is 1.92. The van der Waals surface area contributed by atoms with Crippen LogP contribution >= 0.6 is 0 Å². The minimum atomic E-state index is -0.626. The molecule has 0 aliphatic carbocycles. The first-order valence-corrected chi connectivity index (χ1v) is 7.70. The maximum atomic E-state index is 12.4. The van der Waals surface area contributed by atoms with Gasteiger partial charge in [0.25, 0.3) is 11.6 Å². The van der Waals surface area contributed by atoms with Crippen LogP contribution < -0.4 is 5.32 Å². The smallest absolute Gasteiger partial charge is 0.341 e. The zero-order valence-corrected chi connectivity index (χ0v) is 13.7. The molecule has 0 aliphatic rings. The van der Waals surface area contributed by atoms with Gasteiger partial charge in [-0.3, -0.25) is 14.9 Å². The van der Waals surface area contributed by atoms with E-state index in [-0.39, 0.29) is 23.4 Å². The molecule has 0 unspecified atom stereocenters. The van der Waals surface area contributed by atoms with Crippen LogP contribution in [-0.2, 0) is 4.74 Å². The van der Waals surface area contributed by atoms with Gasteiger partial charge >= 0.3 is 5.97 Å². The number of carbonyl (C=O) groups is 2. The number of hydrogen-bond donors (Lipinski definition) is 1. The minimum absolute atomic E-state index is 0.0588. The number of para-hydroxylation sites is 1. The second-order valence-electron chi connectivity index (χ2n) is 5.25. The maximum absolute atomic E-state index is 12.4. The summed E-state index contributed by atoms with van der Waals surface area (Å²) in [5.74, 6) is -1.15. The van der Waals surface area contributed by atoms with Gasteiger partial charge in [0.05, 0.1) is 23.2 Å². The Morgan fingerprint density at radius 3 is 2.77 bits per heavy atom. The zero-order valence-electron chi connectivity index (χ0n) is 13.7. The van der Waals surface area contributed by atoms with Crippen molar-refractivity contribution in [2.75, 3.05) is 11.9 Å². The topological polar surface area (TPSA) is 116 Å². The number of fused-ring (bicyclic) bond motifs is 1. The number of benzene rings is 1. The van der Waals surface area contributed by atoms with Crippen LogP contribution in [0.25, 0.3) is 5.52 Å².